The van der Waals surface area contributed by atoms with Crippen LogP contribution in [0.3, 0.4) is 0 Å². The summed E-state index contributed by atoms with van der Waals surface area (Å²) in [6.07, 6.45) is 6.18. The summed E-state index contributed by atoms with van der Waals surface area (Å²) in [5, 5.41) is 6.38. The van der Waals surface area contributed by atoms with Gasteiger partial charge in [-0.1, -0.05) is 31.4 Å². The molecule has 0 radical (unpaired) electrons. The Morgan fingerprint density at radius 1 is 1.30 bits per heavy atom. The fourth-order valence-electron chi connectivity index (χ4n) is 2.35. The van der Waals surface area contributed by atoms with Gasteiger partial charge in [-0.25, -0.2) is 0 Å². The number of benzene rings is 1. The van der Waals surface area contributed by atoms with Gasteiger partial charge < -0.3 is 10.6 Å². The van der Waals surface area contributed by atoms with Gasteiger partial charge in [-0.05, 0) is 44.2 Å². The van der Waals surface area contributed by atoms with Crippen LogP contribution in [0, 0.1) is 12.8 Å². The van der Waals surface area contributed by atoms with Crippen molar-refractivity contribution in [2.75, 3.05) is 18.4 Å². The lowest BCUT2D eigenvalue weighted by atomic mass is 10.1. The molecule has 0 aromatic heterocycles. The Kier molecular flexibility index (Phi) is 5.45. The number of carbonyl (C=O) groups is 1. The molecule has 1 aromatic rings. The summed E-state index contributed by atoms with van der Waals surface area (Å²) in [4.78, 5) is 12.3. The average molecular weight is 274 g/mol. The second kappa shape index (κ2) is 7.32. The third-order valence-electron chi connectivity index (χ3n) is 3.76. The molecule has 0 saturated heterocycles. The standard InChI is InChI=1S/C17H26N2O/c1-3-10-18-16-9-6-13(2)12-15(16)17(20)19-11-4-5-14-7-8-14/h6,9,12,14,18H,3-5,7-8,10-11H2,1-2H3,(H,19,20). The number of carbonyl (C=O) groups excluding carboxylic acids is 1. The fraction of sp³-hybridized carbons (Fsp3) is 0.588. The van der Waals surface area contributed by atoms with Crippen molar-refractivity contribution in [1.82, 2.24) is 5.32 Å². The minimum Gasteiger partial charge on any atom is -0.384 e. The summed E-state index contributed by atoms with van der Waals surface area (Å²) >= 11 is 0. The summed E-state index contributed by atoms with van der Waals surface area (Å²) in [7, 11) is 0. The molecule has 1 aromatic carbocycles. The number of hydrogen-bond acceptors (Lipinski definition) is 2. The van der Waals surface area contributed by atoms with Crippen molar-refractivity contribution in [2.24, 2.45) is 5.92 Å². The van der Waals surface area contributed by atoms with E-state index in [0.717, 1.165) is 48.7 Å². The van der Waals surface area contributed by atoms with Gasteiger partial charge in [0.2, 0.25) is 0 Å². The Balaban J connectivity index is 1.89. The van der Waals surface area contributed by atoms with Crippen LogP contribution in [0.2, 0.25) is 0 Å². The first kappa shape index (κ1) is 14.9. The molecule has 1 aliphatic carbocycles. The van der Waals surface area contributed by atoms with E-state index in [1.54, 1.807) is 0 Å². The number of hydrogen-bond donors (Lipinski definition) is 2. The molecule has 1 fully saturated rings. The molecular weight excluding hydrogens is 248 g/mol. The molecule has 110 valence electrons. The van der Waals surface area contributed by atoms with Crippen molar-refractivity contribution >= 4 is 11.6 Å². The summed E-state index contributed by atoms with van der Waals surface area (Å²) in [5.74, 6) is 0.982. The molecule has 1 aliphatic rings. The van der Waals surface area contributed by atoms with Gasteiger partial charge in [-0.15, -0.1) is 0 Å². The van der Waals surface area contributed by atoms with Crippen molar-refractivity contribution in [3.8, 4) is 0 Å². The SMILES string of the molecule is CCCNc1ccc(C)cc1C(=O)NCCCC1CC1. The summed E-state index contributed by atoms with van der Waals surface area (Å²) < 4.78 is 0. The van der Waals surface area contributed by atoms with Crippen molar-refractivity contribution < 1.29 is 4.79 Å². The molecule has 20 heavy (non-hydrogen) atoms. The lowest BCUT2D eigenvalue weighted by Crippen LogP contribution is -2.25. The zero-order valence-corrected chi connectivity index (χ0v) is 12.7. The molecule has 2 rings (SSSR count). The van der Waals surface area contributed by atoms with E-state index in [9.17, 15) is 4.79 Å². The average Bonchev–Trinajstić information content (AvgIpc) is 3.26. The maximum atomic E-state index is 12.3. The topological polar surface area (TPSA) is 41.1 Å². The summed E-state index contributed by atoms with van der Waals surface area (Å²) in [5.41, 5.74) is 2.83. The monoisotopic (exact) mass is 274 g/mol. The van der Waals surface area contributed by atoms with Crippen LogP contribution in [0.1, 0.15) is 54.9 Å². The van der Waals surface area contributed by atoms with E-state index in [0.29, 0.717) is 0 Å². The van der Waals surface area contributed by atoms with Crippen LogP contribution >= 0.6 is 0 Å². The number of anilines is 1. The molecule has 1 saturated carbocycles. The first-order valence-electron chi connectivity index (χ1n) is 7.83. The molecule has 0 bridgehead atoms. The van der Waals surface area contributed by atoms with Crippen LogP contribution < -0.4 is 10.6 Å². The molecule has 0 atom stereocenters. The maximum absolute atomic E-state index is 12.3. The van der Waals surface area contributed by atoms with E-state index in [-0.39, 0.29) is 5.91 Å². The Bertz CT molecular complexity index is 452. The zero-order chi connectivity index (χ0) is 14.4. The van der Waals surface area contributed by atoms with E-state index in [4.69, 9.17) is 0 Å². The Hall–Kier alpha value is -1.51. The molecule has 0 unspecified atom stereocenters. The molecule has 2 N–H and O–H groups in total. The van der Waals surface area contributed by atoms with Crippen LogP contribution in [-0.2, 0) is 0 Å². The Labute approximate surface area is 122 Å². The zero-order valence-electron chi connectivity index (χ0n) is 12.7. The third-order valence-corrected chi connectivity index (χ3v) is 3.76. The van der Waals surface area contributed by atoms with Gasteiger partial charge in [0.1, 0.15) is 0 Å². The third kappa shape index (κ3) is 4.55. The van der Waals surface area contributed by atoms with Crippen LogP contribution in [0.4, 0.5) is 5.69 Å². The first-order chi connectivity index (χ1) is 9.70. The van der Waals surface area contributed by atoms with Gasteiger partial charge in [0, 0.05) is 18.8 Å². The second-order valence-electron chi connectivity index (χ2n) is 5.82. The van der Waals surface area contributed by atoms with E-state index in [1.807, 2.05) is 25.1 Å². The summed E-state index contributed by atoms with van der Waals surface area (Å²) in [6.45, 7) is 5.83. The predicted octanol–water partition coefficient (Wildman–Crippen LogP) is 3.74. The van der Waals surface area contributed by atoms with Crippen LogP contribution in [0.5, 0.6) is 0 Å². The van der Waals surface area contributed by atoms with Gasteiger partial charge in [0.15, 0.2) is 0 Å². The quantitative estimate of drug-likeness (QED) is 0.709. The van der Waals surface area contributed by atoms with E-state index in [1.165, 1.54) is 19.3 Å². The van der Waals surface area contributed by atoms with Gasteiger partial charge in [-0.3, -0.25) is 4.79 Å². The van der Waals surface area contributed by atoms with Crippen LogP contribution in [0.25, 0.3) is 0 Å². The smallest absolute Gasteiger partial charge is 0.253 e. The second-order valence-corrected chi connectivity index (χ2v) is 5.82. The molecule has 0 spiro atoms. The fourth-order valence-corrected chi connectivity index (χ4v) is 2.35. The highest BCUT2D eigenvalue weighted by atomic mass is 16.1. The maximum Gasteiger partial charge on any atom is 0.253 e. The van der Waals surface area contributed by atoms with Gasteiger partial charge >= 0.3 is 0 Å². The van der Waals surface area contributed by atoms with Crippen LogP contribution in [-0.4, -0.2) is 19.0 Å². The minimum absolute atomic E-state index is 0.0445. The Morgan fingerprint density at radius 3 is 2.80 bits per heavy atom. The largest absolute Gasteiger partial charge is 0.384 e. The van der Waals surface area contributed by atoms with E-state index < -0.39 is 0 Å². The van der Waals surface area contributed by atoms with Crippen molar-refractivity contribution in [1.29, 1.82) is 0 Å². The summed E-state index contributed by atoms with van der Waals surface area (Å²) in [6, 6.07) is 6.01. The highest BCUT2D eigenvalue weighted by Crippen LogP contribution is 2.33. The first-order valence-corrected chi connectivity index (χ1v) is 7.83. The molecule has 1 amide bonds. The van der Waals surface area contributed by atoms with E-state index >= 15 is 0 Å². The molecule has 0 heterocycles. The van der Waals surface area contributed by atoms with Gasteiger partial charge in [0.05, 0.1) is 5.56 Å². The van der Waals surface area contributed by atoms with Crippen molar-refractivity contribution in [2.45, 2.75) is 46.0 Å². The van der Waals surface area contributed by atoms with Crippen molar-refractivity contribution in [3.63, 3.8) is 0 Å². The molecule has 3 heteroatoms. The Morgan fingerprint density at radius 2 is 2.10 bits per heavy atom. The highest BCUT2D eigenvalue weighted by Gasteiger charge is 2.20. The highest BCUT2D eigenvalue weighted by molar-refractivity contribution is 5.99. The van der Waals surface area contributed by atoms with Crippen molar-refractivity contribution in [3.05, 3.63) is 29.3 Å². The molecular formula is C17H26N2O. The molecule has 3 nitrogen and oxygen atoms in total. The lowest BCUT2D eigenvalue weighted by Gasteiger charge is -2.12. The molecule has 0 aliphatic heterocycles. The number of nitrogens with one attached hydrogen (secondary N) is 2. The predicted molar refractivity (Wildman–Crippen MR) is 84.3 cm³/mol. The normalized spacial score (nSPS) is 14.1. The van der Waals surface area contributed by atoms with Gasteiger partial charge in [0.25, 0.3) is 5.91 Å². The minimum atomic E-state index is 0.0445. The number of rotatable bonds is 8. The van der Waals surface area contributed by atoms with E-state index in [2.05, 4.69) is 17.6 Å². The van der Waals surface area contributed by atoms with Crippen LogP contribution in [0.15, 0.2) is 18.2 Å². The van der Waals surface area contributed by atoms with Gasteiger partial charge in [-0.2, -0.15) is 0 Å². The number of amides is 1. The number of aryl methyl sites for hydroxylation is 1. The lowest BCUT2D eigenvalue weighted by molar-refractivity contribution is 0.0953.